The molecule has 0 aliphatic carbocycles. The summed E-state index contributed by atoms with van der Waals surface area (Å²) in [7, 11) is 0. The zero-order valence-electron chi connectivity index (χ0n) is 18.7. The van der Waals surface area contributed by atoms with Crippen molar-refractivity contribution in [3.05, 3.63) is 102 Å². The molecule has 0 spiro atoms. The molecule has 0 radical (unpaired) electrons. The number of hydrogen-bond donors (Lipinski definition) is 0. The van der Waals surface area contributed by atoms with Crippen LogP contribution in [0.15, 0.2) is 85.3 Å². The zero-order chi connectivity index (χ0) is 22.6. The molecule has 164 valence electrons. The molecule has 0 unspecified atom stereocenters. The van der Waals surface area contributed by atoms with Crippen LogP contribution in [0.2, 0.25) is 0 Å². The number of benzene rings is 2. The van der Waals surface area contributed by atoms with Crippen molar-refractivity contribution in [3.8, 4) is 11.3 Å². The van der Waals surface area contributed by atoms with Gasteiger partial charge in [-0.05, 0) is 48.5 Å². The van der Waals surface area contributed by atoms with Crippen molar-refractivity contribution in [2.45, 2.75) is 6.92 Å². The lowest BCUT2D eigenvalue weighted by atomic mass is 10.0. The van der Waals surface area contributed by atoms with Crippen LogP contribution in [0.3, 0.4) is 0 Å². The van der Waals surface area contributed by atoms with E-state index in [2.05, 4.69) is 34.3 Å². The van der Waals surface area contributed by atoms with E-state index < -0.39 is 0 Å². The molecule has 1 fully saturated rings. The third kappa shape index (κ3) is 4.48. The van der Waals surface area contributed by atoms with Gasteiger partial charge in [-0.2, -0.15) is 0 Å². The van der Waals surface area contributed by atoms with Crippen LogP contribution in [0.1, 0.15) is 21.5 Å². The van der Waals surface area contributed by atoms with Crippen LogP contribution < -0.4 is 0 Å². The highest BCUT2D eigenvalue weighted by atomic mass is 16.2. The lowest BCUT2D eigenvalue weighted by Gasteiger charge is -2.34. The Morgan fingerprint density at radius 1 is 0.939 bits per heavy atom. The van der Waals surface area contributed by atoms with E-state index >= 15 is 0 Å². The van der Waals surface area contributed by atoms with E-state index in [1.807, 2.05) is 66.4 Å². The van der Waals surface area contributed by atoms with Crippen molar-refractivity contribution in [2.24, 2.45) is 0 Å². The van der Waals surface area contributed by atoms with Gasteiger partial charge in [0.1, 0.15) is 0 Å². The van der Waals surface area contributed by atoms with Gasteiger partial charge < -0.3 is 9.80 Å². The molecule has 0 N–H and O–H groups in total. The predicted molar refractivity (Wildman–Crippen MR) is 133 cm³/mol. The third-order valence-electron chi connectivity index (χ3n) is 6.11. The molecule has 0 saturated carbocycles. The maximum absolute atomic E-state index is 13.6. The van der Waals surface area contributed by atoms with Gasteiger partial charge in [0.05, 0.1) is 16.8 Å². The van der Waals surface area contributed by atoms with Crippen LogP contribution in [0.5, 0.6) is 0 Å². The largest absolute Gasteiger partial charge is 0.374 e. The molecule has 1 aliphatic heterocycles. The zero-order valence-corrected chi connectivity index (χ0v) is 18.7. The molecule has 2 aromatic carbocycles. The summed E-state index contributed by atoms with van der Waals surface area (Å²) in [5.74, 6) is 0.0600. The van der Waals surface area contributed by atoms with Gasteiger partial charge in [-0.15, -0.1) is 0 Å². The molecule has 0 bridgehead atoms. The molecule has 0 atom stereocenters. The normalized spacial score (nSPS) is 14.2. The highest BCUT2D eigenvalue weighted by molar-refractivity contribution is 6.07. The Bertz CT molecular complexity index is 1290. The Labute approximate surface area is 194 Å². The van der Waals surface area contributed by atoms with Gasteiger partial charge >= 0.3 is 0 Å². The molecule has 5 rings (SSSR count). The number of aryl methyl sites for hydroxylation is 1. The summed E-state index contributed by atoms with van der Waals surface area (Å²) >= 11 is 0. The summed E-state index contributed by atoms with van der Waals surface area (Å²) < 4.78 is 0. The molecule has 5 heteroatoms. The van der Waals surface area contributed by atoms with Crippen molar-refractivity contribution in [2.75, 3.05) is 26.2 Å². The molecule has 1 amide bonds. The maximum atomic E-state index is 13.6. The van der Waals surface area contributed by atoms with Gasteiger partial charge in [-0.1, -0.05) is 48.5 Å². The molecule has 1 aliphatic rings. The van der Waals surface area contributed by atoms with Gasteiger partial charge in [0.2, 0.25) is 0 Å². The number of rotatable bonds is 4. The van der Waals surface area contributed by atoms with E-state index in [0.29, 0.717) is 18.7 Å². The van der Waals surface area contributed by atoms with E-state index in [0.717, 1.165) is 40.8 Å². The molecular weight excluding hydrogens is 408 g/mol. The van der Waals surface area contributed by atoms with Crippen molar-refractivity contribution < 1.29 is 4.79 Å². The number of carbonyl (C=O) groups is 1. The molecule has 4 aromatic rings. The summed E-state index contributed by atoms with van der Waals surface area (Å²) in [6.07, 6.45) is 7.78. The van der Waals surface area contributed by atoms with Crippen LogP contribution in [0, 0.1) is 6.92 Å². The minimum absolute atomic E-state index is 0.0600. The van der Waals surface area contributed by atoms with Crippen LogP contribution in [0.4, 0.5) is 0 Å². The number of amides is 1. The van der Waals surface area contributed by atoms with Gasteiger partial charge in [0, 0.05) is 49.5 Å². The number of hydrogen-bond acceptors (Lipinski definition) is 4. The second-order valence-corrected chi connectivity index (χ2v) is 8.32. The third-order valence-corrected chi connectivity index (χ3v) is 6.11. The molecule has 5 nitrogen and oxygen atoms in total. The Morgan fingerprint density at radius 3 is 2.52 bits per heavy atom. The van der Waals surface area contributed by atoms with Gasteiger partial charge in [-0.3, -0.25) is 9.78 Å². The second kappa shape index (κ2) is 9.25. The highest BCUT2D eigenvalue weighted by Crippen LogP contribution is 2.27. The highest BCUT2D eigenvalue weighted by Gasteiger charge is 2.23. The first kappa shape index (κ1) is 20.9. The quantitative estimate of drug-likeness (QED) is 0.452. The minimum atomic E-state index is 0.0600. The van der Waals surface area contributed by atoms with Crippen molar-refractivity contribution in [3.63, 3.8) is 0 Å². The smallest absolute Gasteiger partial charge is 0.254 e. The summed E-state index contributed by atoms with van der Waals surface area (Å²) in [6.45, 7) is 5.04. The lowest BCUT2D eigenvalue weighted by Crippen LogP contribution is -2.46. The number of para-hydroxylation sites is 1. The van der Waals surface area contributed by atoms with Crippen molar-refractivity contribution in [1.29, 1.82) is 0 Å². The number of nitrogens with zero attached hydrogens (tertiary/aromatic N) is 4. The molecule has 2 aromatic heterocycles. The predicted octanol–water partition coefficient (Wildman–Crippen LogP) is 5.03. The Hall–Kier alpha value is -3.99. The monoisotopic (exact) mass is 434 g/mol. The van der Waals surface area contributed by atoms with Crippen LogP contribution in [-0.4, -0.2) is 51.9 Å². The van der Waals surface area contributed by atoms with E-state index in [4.69, 9.17) is 4.98 Å². The number of pyridine rings is 2. The Morgan fingerprint density at radius 2 is 1.76 bits per heavy atom. The van der Waals surface area contributed by atoms with E-state index in [1.165, 1.54) is 5.56 Å². The average molecular weight is 435 g/mol. The van der Waals surface area contributed by atoms with Crippen molar-refractivity contribution in [1.82, 2.24) is 19.8 Å². The lowest BCUT2D eigenvalue weighted by molar-refractivity contribution is 0.0682. The molecule has 3 heterocycles. The van der Waals surface area contributed by atoms with Crippen LogP contribution in [0.25, 0.3) is 28.2 Å². The topological polar surface area (TPSA) is 49.3 Å². The second-order valence-electron chi connectivity index (χ2n) is 8.32. The molecule has 1 saturated heterocycles. The first-order chi connectivity index (χ1) is 16.2. The van der Waals surface area contributed by atoms with Gasteiger partial charge in [0.25, 0.3) is 5.91 Å². The standard InChI is InChI=1S/C28H26N4O/c1-21-7-5-11-24-25(19-26(30-27(21)24)23-10-6-13-29-20-23)28(33)32-17-15-31(16-18-32)14-12-22-8-3-2-4-9-22/h2-14,19-20H,15-18H2,1H3/b14-12+. The summed E-state index contributed by atoms with van der Waals surface area (Å²) in [4.78, 5) is 27.0. The average Bonchev–Trinajstić information content (AvgIpc) is 2.88. The summed E-state index contributed by atoms with van der Waals surface area (Å²) in [5, 5.41) is 0.902. The summed E-state index contributed by atoms with van der Waals surface area (Å²) in [5.41, 5.74) is 5.49. The molecule has 33 heavy (non-hydrogen) atoms. The summed E-state index contributed by atoms with van der Waals surface area (Å²) in [6, 6.07) is 22.1. The number of carbonyl (C=O) groups excluding carboxylic acids is 1. The first-order valence-corrected chi connectivity index (χ1v) is 11.3. The number of fused-ring (bicyclic) bond motifs is 1. The number of aromatic nitrogens is 2. The maximum Gasteiger partial charge on any atom is 0.254 e. The fourth-order valence-corrected chi connectivity index (χ4v) is 4.23. The van der Waals surface area contributed by atoms with Crippen molar-refractivity contribution >= 4 is 22.9 Å². The Balaban J connectivity index is 1.39. The van der Waals surface area contributed by atoms with Gasteiger partial charge in [-0.25, -0.2) is 4.98 Å². The fourth-order valence-electron chi connectivity index (χ4n) is 4.23. The first-order valence-electron chi connectivity index (χ1n) is 11.3. The SMILES string of the molecule is Cc1cccc2c(C(=O)N3CCN(/C=C/c4ccccc4)CC3)cc(-c3cccnc3)nc12. The minimum Gasteiger partial charge on any atom is -0.374 e. The van der Waals surface area contributed by atoms with E-state index in [9.17, 15) is 4.79 Å². The van der Waals surface area contributed by atoms with E-state index in [1.54, 1.807) is 12.4 Å². The Kier molecular flexibility index (Phi) is 5.85. The fraction of sp³-hybridized carbons (Fsp3) is 0.179. The number of piperazine rings is 1. The van der Waals surface area contributed by atoms with Crippen LogP contribution in [-0.2, 0) is 0 Å². The van der Waals surface area contributed by atoms with Gasteiger partial charge in [0.15, 0.2) is 0 Å². The van der Waals surface area contributed by atoms with E-state index in [-0.39, 0.29) is 5.91 Å². The molecular formula is C28H26N4O. The van der Waals surface area contributed by atoms with Crippen LogP contribution >= 0.6 is 0 Å².